The molecule has 3 aromatic rings. The van der Waals surface area contributed by atoms with Gasteiger partial charge in [-0.1, -0.05) is 11.6 Å². The zero-order valence-corrected chi connectivity index (χ0v) is 22.2. The fraction of sp³-hybridized carbons (Fsp3) is 0.464. The minimum absolute atomic E-state index is 0.118. The van der Waals surface area contributed by atoms with E-state index in [2.05, 4.69) is 9.88 Å². The fourth-order valence-corrected chi connectivity index (χ4v) is 6.08. The lowest BCUT2D eigenvalue weighted by Crippen LogP contribution is -2.42. The first kappa shape index (κ1) is 27.1. The number of hydrogen-bond donors (Lipinski definition) is 2. The van der Waals surface area contributed by atoms with Gasteiger partial charge in [0.25, 0.3) is 0 Å². The highest BCUT2D eigenvalue weighted by Crippen LogP contribution is 2.40. The molecule has 1 saturated heterocycles. The number of ether oxygens (including phenoxy) is 1. The van der Waals surface area contributed by atoms with Crippen LogP contribution in [-0.4, -0.2) is 59.2 Å². The van der Waals surface area contributed by atoms with Crippen LogP contribution >= 0.6 is 23.4 Å². The number of aliphatic hydroxyl groups excluding tert-OH is 2. The zero-order valence-electron chi connectivity index (χ0n) is 20.6. The fourth-order valence-electron chi connectivity index (χ4n) is 4.97. The van der Waals surface area contributed by atoms with Gasteiger partial charge in [0.1, 0.15) is 11.6 Å². The van der Waals surface area contributed by atoms with E-state index in [1.54, 1.807) is 25.1 Å². The molecular formula is C28H34ClFN2O3S. The Kier molecular flexibility index (Phi) is 9.47. The molecule has 2 heterocycles. The van der Waals surface area contributed by atoms with Crippen molar-refractivity contribution in [3.63, 3.8) is 0 Å². The second-order valence-electron chi connectivity index (χ2n) is 9.61. The Bertz CT molecular complexity index is 1140. The van der Waals surface area contributed by atoms with Crippen molar-refractivity contribution >= 4 is 34.3 Å². The second-order valence-corrected chi connectivity index (χ2v) is 11.2. The molecule has 0 spiro atoms. The molecule has 0 amide bonds. The third-order valence-corrected chi connectivity index (χ3v) is 8.70. The van der Waals surface area contributed by atoms with Crippen molar-refractivity contribution in [1.82, 2.24) is 9.88 Å². The molecule has 1 unspecified atom stereocenters. The lowest BCUT2D eigenvalue weighted by molar-refractivity contribution is 0.0238. The molecule has 0 aliphatic carbocycles. The van der Waals surface area contributed by atoms with Gasteiger partial charge in [-0.15, -0.1) is 11.8 Å². The highest BCUT2D eigenvalue weighted by Gasteiger charge is 2.34. The Balaban J connectivity index is 1.29. The van der Waals surface area contributed by atoms with Crippen LogP contribution in [0.5, 0.6) is 5.75 Å². The SMILES string of the molecule is COc1ccc2ncc(Cl)c(C(O)CCC3(CO)CCN(CCCSc4ccc(F)cc4)CC3)c2c1. The van der Waals surface area contributed by atoms with Crippen LogP contribution in [0, 0.1) is 11.2 Å². The molecule has 0 saturated carbocycles. The first-order valence-electron chi connectivity index (χ1n) is 12.4. The van der Waals surface area contributed by atoms with Crippen molar-refractivity contribution in [3.05, 3.63) is 65.1 Å². The van der Waals surface area contributed by atoms with Gasteiger partial charge in [-0.25, -0.2) is 4.39 Å². The van der Waals surface area contributed by atoms with Crippen LogP contribution in [-0.2, 0) is 0 Å². The maximum atomic E-state index is 13.0. The Hall–Kier alpha value is -1.90. The molecule has 4 rings (SSSR count). The highest BCUT2D eigenvalue weighted by molar-refractivity contribution is 7.99. The van der Waals surface area contributed by atoms with E-state index in [-0.39, 0.29) is 17.8 Å². The average Bonchev–Trinajstić information content (AvgIpc) is 2.91. The summed E-state index contributed by atoms with van der Waals surface area (Å²) >= 11 is 8.22. The standard InChI is InChI=1S/C28H34ClFN2O3S/c1-35-21-5-8-25-23(17-21)27(24(29)18-31-25)26(34)9-10-28(19-33)11-14-32(15-12-28)13-2-16-36-22-6-3-20(30)4-7-22/h3-8,17-18,26,33-34H,2,9-16,19H2,1H3. The van der Waals surface area contributed by atoms with Crippen molar-refractivity contribution in [3.8, 4) is 5.75 Å². The number of thioether (sulfide) groups is 1. The molecule has 2 N–H and O–H groups in total. The number of methoxy groups -OCH3 is 1. The molecule has 8 heteroatoms. The van der Waals surface area contributed by atoms with E-state index in [0.717, 1.165) is 66.9 Å². The summed E-state index contributed by atoms with van der Waals surface area (Å²) in [7, 11) is 1.61. The molecule has 1 aliphatic rings. The maximum Gasteiger partial charge on any atom is 0.123 e. The van der Waals surface area contributed by atoms with Crippen molar-refractivity contribution in [2.24, 2.45) is 5.41 Å². The summed E-state index contributed by atoms with van der Waals surface area (Å²) < 4.78 is 18.4. The number of piperidine rings is 1. The van der Waals surface area contributed by atoms with E-state index >= 15 is 0 Å². The number of pyridine rings is 1. The van der Waals surface area contributed by atoms with Crippen LogP contribution in [0.1, 0.15) is 43.8 Å². The predicted molar refractivity (Wildman–Crippen MR) is 144 cm³/mol. The molecule has 1 atom stereocenters. The predicted octanol–water partition coefficient (Wildman–Crippen LogP) is 6.11. The number of likely N-dealkylation sites (tertiary alicyclic amines) is 1. The Morgan fingerprint density at radius 1 is 1.19 bits per heavy atom. The summed E-state index contributed by atoms with van der Waals surface area (Å²) in [5.41, 5.74) is 1.25. The number of nitrogens with zero attached hydrogens (tertiary/aromatic N) is 2. The highest BCUT2D eigenvalue weighted by atomic mass is 35.5. The number of aromatic nitrogens is 1. The van der Waals surface area contributed by atoms with Gasteiger partial charge in [0.15, 0.2) is 0 Å². The average molecular weight is 533 g/mol. The Morgan fingerprint density at radius 2 is 1.94 bits per heavy atom. The van der Waals surface area contributed by atoms with Gasteiger partial charge in [0, 0.05) is 28.6 Å². The number of aliphatic hydroxyl groups is 2. The molecule has 1 fully saturated rings. The monoisotopic (exact) mass is 532 g/mol. The first-order chi connectivity index (χ1) is 17.4. The van der Waals surface area contributed by atoms with Gasteiger partial charge in [-0.2, -0.15) is 0 Å². The summed E-state index contributed by atoms with van der Waals surface area (Å²) in [5, 5.41) is 22.7. The number of halogens is 2. The van der Waals surface area contributed by atoms with Gasteiger partial charge in [-0.05, 0) is 105 Å². The van der Waals surface area contributed by atoms with E-state index in [0.29, 0.717) is 22.8 Å². The molecular weight excluding hydrogens is 499 g/mol. The number of rotatable bonds is 11. The van der Waals surface area contributed by atoms with Crippen LogP contribution in [0.2, 0.25) is 5.02 Å². The molecule has 0 radical (unpaired) electrons. The molecule has 1 aromatic heterocycles. The summed E-state index contributed by atoms with van der Waals surface area (Å²) in [6.07, 6.45) is 4.95. The van der Waals surface area contributed by atoms with E-state index < -0.39 is 6.10 Å². The van der Waals surface area contributed by atoms with Crippen LogP contribution in [0.3, 0.4) is 0 Å². The Labute approximate surface area is 221 Å². The van der Waals surface area contributed by atoms with Gasteiger partial charge in [0.2, 0.25) is 0 Å². The maximum absolute atomic E-state index is 13.0. The van der Waals surface area contributed by atoms with Crippen LogP contribution in [0.15, 0.2) is 53.6 Å². The number of benzene rings is 2. The van der Waals surface area contributed by atoms with Crippen LogP contribution in [0.4, 0.5) is 4.39 Å². The molecule has 36 heavy (non-hydrogen) atoms. The topological polar surface area (TPSA) is 65.8 Å². The lowest BCUT2D eigenvalue weighted by atomic mass is 9.74. The molecule has 2 aromatic carbocycles. The second kappa shape index (κ2) is 12.6. The lowest BCUT2D eigenvalue weighted by Gasteiger charge is -2.41. The van der Waals surface area contributed by atoms with E-state index in [1.165, 1.54) is 12.1 Å². The van der Waals surface area contributed by atoms with Crippen molar-refractivity contribution in [2.75, 3.05) is 39.1 Å². The first-order valence-corrected chi connectivity index (χ1v) is 13.8. The van der Waals surface area contributed by atoms with E-state index in [9.17, 15) is 14.6 Å². The summed E-state index contributed by atoms with van der Waals surface area (Å²) in [4.78, 5) is 7.92. The summed E-state index contributed by atoms with van der Waals surface area (Å²) in [6, 6.07) is 12.2. The van der Waals surface area contributed by atoms with Crippen molar-refractivity contribution in [2.45, 2.75) is 43.1 Å². The minimum Gasteiger partial charge on any atom is -0.497 e. The van der Waals surface area contributed by atoms with Gasteiger partial charge < -0.3 is 19.8 Å². The van der Waals surface area contributed by atoms with Crippen molar-refractivity contribution in [1.29, 1.82) is 0 Å². The third kappa shape index (κ3) is 6.69. The molecule has 194 valence electrons. The quantitative estimate of drug-likeness (QED) is 0.229. The smallest absolute Gasteiger partial charge is 0.123 e. The van der Waals surface area contributed by atoms with E-state index in [4.69, 9.17) is 16.3 Å². The van der Waals surface area contributed by atoms with E-state index in [1.807, 2.05) is 30.3 Å². The van der Waals surface area contributed by atoms with Crippen LogP contribution in [0.25, 0.3) is 10.9 Å². The normalized spacial score (nSPS) is 16.8. The summed E-state index contributed by atoms with van der Waals surface area (Å²) in [5.74, 6) is 1.48. The summed E-state index contributed by atoms with van der Waals surface area (Å²) in [6.45, 7) is 3.01. The van der Waals surface area contributed by atoms with Gasteiger partial charge in [-0.3, -0.25) is 4.98 Å². The molecule has 0 bridgehead atoms. The van der Waals surface area contributed by atoms with Crippen molar-refractivity contribution < 1.29 is 19.3 Å². The zero-order chi connectivity index (χ0) is 25.5. The minimum atomic E-state index is -0.750. The number of fused-ring (bicyclic) bond motifs is 1. The van der Waals surface area contributed by atoms with Crippen LogP contribution < -0.4 is 4.74 Å². The van der Waals surface area contributed by atoms with Gasteiger partial charge >= 0.3 is 0 Å². The Morgan fingerprint density at radius 3 is 2.64 bits per heavy atom. The third-order valence-electron chi connectivity index (χ3n) is 7.30. The van der Waals surface area contributed by atoms with Gasteiger partial charge in [0.05, 0.1) is 23.8 Å². The number of hydrogen-bond acceptors (Lipinski definition) is 6. The molecule has 1 aliphatic heterocycles. The largest absolute Gasteiger partial charge is 0.497 e. The molecule has 5 nitrogen and oxygen atoms in total.